The SMILES string of the molecule is C=CC(=O)NC1CCN(Cc2ccc(NC(C)=O)cc2)CC1. The van der Waals surface area contributed by atoms with Crippen molar-refractivity contribution >= 4 is 17.5 Å². The summed E-state index contributed by atoms with van der Waals surface area (Å²) in [6.45, 7) is 7.80. The number of rotatable bonds is 5. The second kappa shape index (κ2) is 7.75. The van der Waals surface area contributed by atoms with Gasteiger partial charge in [0, 0.05) is 38.3 Å². The Morgan fingerprint density at radius 2 is 1.91 bits per heavy atom. The molecule has 0 aromatic heterocycles. The minimum atomic E-state index is -0.0907. The first-order chi connectivity index (χ1) is 10.6. The van der Waals surface area contributed by atoms with Gasteiger partial charge in [-0.25, -0.2) is 0 Å². The van der Waals surface area contributed by atoms with Crippen LogP contribution >= 0.6 is 0 Å². The minimum absolute atomic E-state index is 0.0589. The van der Waals surface area contributed by atoms with Gasteiger partial charge in [-0.1, -0.05) is 18.7 Å². The van der Waals surface area contributed by atoms with Crippen molar-refractivity contribution in [1.29, 1.82) is 0 Å². The molecule has 5 heteroatoms. The van der Waals surface area contributed by atoms with E-state index in [2.05, 4.69) is 22.1 Å². The Morgan fingerprint density at radius 3 is 2.45 bits per heavy atom. The van der Waals surface area contributed by atoms with Crippen LogP contribution in [0.3, 0.4) is 0 Å². The number of benzene rings is 1. The van der Waals surface area contributed by atoms with Crippen molar-refractivity contribution in [2.75, 3.05) is 18.4 Å². The molecule has 1 aliphatic rings. The minimum Gasteiger partial charge on any atom is -0.350 e. The highest BCUT2D eigenvalue weighted by Crippen LogP contribution is 2.16. The number of carbonyl (C=O) groups excluding carboxylic acids is 2. The standard InChI is InChI=1S/C17H23N3O2/c1-3-17(22)19-16-8-10-20(11-9-16)12-14-4-6-15(7-5-14)18-13(2)21/h3-7,16H,1,8-12H2,2H3,(H,18,21)(H,19,22). The molecule has 1 aromatic rings. The number of carbonyl (C=O) groups is 2. The average molecular weight is 301 g/mol. The summed E-state index contributed by atoms with van der Waals surface area (Å²) in [5.41, 5.74) is 2.05. The summed E-state index contributed by atoms with van der Waals surface area (Å²) in [7, 11) is 0. The summed E-state index contributed by atoms with van der Waals surface area (Å²) in [6, 6.07) is 8.18. The van der Waals surface area contributed by atoms with Gasteiger partial charge in [-0.05, 0) is 36.6 Å². The van der Waals surface area contributed by atoms with Gasteiger partial charge < -0.3 is 10.6 Å². The highest BCUT2D eigenvalue weighted by Gasteiger charge is 2.19. The van der Waals surface area contributed by atoms with Crippen LogP contribution in [0.15, 0.2) is 36.9 Å². The molecule has 5 nitrogen and oxygen atoms in total. The Balaban J connectivity index is 1.79. The van der Waals surface area contributed by atoms with Gasteiger partial charge in [0.25, 0.3) is 0 Å². The summed E-state index contributed by atoms with van der Waals surface area (Å²) in [5.74, 6) is -0.150. The molecule has 1 aromatic carbocycles. The van der Waals surface area contributed by atoms with E-state index in [1.165, 1.54) is 18.6 Å². The molecule has 2 rings (SSSR count). The molecule has 118 valence electrons. The lowest BCUT2D eigenvalue weighted by molar-refractivity contribution is -0.117. The van der Waals surface area contributed by atoms with Crippen LogP contribution in [0.5, 0.6) is 0 Å². The predicted molar refractivity (Wildman–Crippen MR) is 87.4 cm³/mol. The van der Waals surface area contributed by atoms with Gasteiger partial charge in [0.15, 0.2) is 0 Å². The van der Waals surface area contributed by atoms with Gasteiger partial charge >= 0.3 is 0 Å². The van der Waals surface area contributed by atoms with Crippen molar-refractivity contribution < 1.29 is 9.59 Å². The molecule has 0 unspecified atom stereocenters. The van der Waals surface area contributed by atoms with Crippen molar-refractivity contribution in [2.45, 2.75) is 32.4 Å². The lowest BCUT2D eigenvalue weighted by atomic mass is 10.0. The Bertz CT molecular complexity index is 531. The summed E-state index contributed by atoms with van der Waals surface area (Å²) >= 11 is 0. The van der Waals surface area contributed by atoms with E-state index in [-0.39, 0.29) is 17.9 Å². The van der Waals surface area contributed by atoms with E-state index in [1.54, 1.807) is 0 Å². The van der Waals surface area contributed by atoms with E-state index in [4.69, 9.17) is 0 Å². The van der Waals surface area contributed by atoms with E-state index < -0.39 is 0 Å². The number of nitrogens with one attached hydrogen (secondary N) is 2. The molecular weight excluding hydrogens is 278 g/mol. The molecule has 0 aliphatic carbocycles. The molecular formula is C17H23N3O2. The van der Waals surface area contributed by atoms with Gasteiger partial charge in [0.2, 0.25) is 11.8 Å². The Morgan fingerprint density at radius 1 is 1.27 bits per heavy atom. The number of piperidine rings is 1. The topological polar surface area (TPSA) is 61.4 Å². The summed E-state index contributed by atoms with van der Waals surface area (Å²) in [5, 5.41) is 5.72. The normalized spacial score (nSPS) is 16.0. The van der Waals surface area contributed by atoms with Gasteiger partial charge in [-0.15, -0.1) is 0 Å². The van der Waals surface area contributed by atoms with Crippen LogP contribution < -0.4 is 10.6 Å². The fourth-order valence-corrected chi connectivity index (χ4v) is 2.65. The number of amides is 2. The van der Waals surface area contributed by atoms with Gasteiger partial charge in [-0.2, -0.15) is 0 Å². The van der Waals surface area contributed by atoms with Crippen LogP contribution in [0.4, 0.5) is 5.69 Å². The van der Waals surface area contributed by atoms with Crippen molar-refractivity contribution in [3.63, 3.8) is 0 Å². The molecule has 1 aliphatic heterocycles. The van der Waals surface area contributed by atoms with Gasteiger partial charge in [-0.3, -0.25) is 14.5 Å². The Labute approximate surface area is 131 Å². The monoisotopic (exact) mass is 301 g/mol. The molecule has 0 saturated carbocycles. The summed E-state index contributed by atoms with van der Waals surface area (Å²) < 4.78 is 0. The third-order valence-corrected chi connectivity index (χ3v) is 3.80. The zero-order valence-electron chi connectivity index (χ0n) is 13.0. The first-order valence-electron chi connectivity index (χ1n) is 7.58. The van der Waals surface area contributed by atoms with Crippen LogP contribution in [0.1, 0.15) is 25.3 Å². The maximum atomic E-state index is 11.3. The molecule has 1 saturated heterocycles. The molecule has 0 bridgehead atoms. The number of hydrogen-bond donors (Lipinski definition) is 2. The van der Waals surface area contributed by atoms with E-state index in [1.807, 2.05) is 24.3 Å². The zero-order valence-corrected chi connectivity index (χ0v) is 13.0. The third kappa shape index (κ3) is 5.00. The smallest absolute Gasteiger partial charge is 0.243 e. The second-order valence-corrected chi connectivity index (χ2v) is 5.64. The first-order valence-corrected chi connectivity index (χ1v) is 7.58. The van der Waals surface area contributed by atoms with Crippen LogP contribution in [0.2, 0.25) is 0 Å². The third-order valence-electron chi connectivity index (χ3n) is 3.80. The van der Waals surface area contributed by atoms with E-state index in [0.717, 1.165) is 38.2 Å². The fraction of sp³-hybridized carbons (Fsp3) is 0.412. The molecule has 0 radical (unpaired) electrons. The lowest BCUT2D eigenvalue weighted by Gasteiger charge is -2.32. The van der Waals surface area contributed by atoms with E-state index in [0.29, 0.717) is 0 Å². The Kier molecular flexibility index (Phi) is 5.72. The summed E-state index contributed by atoms with van der Waals surface area (Å²) in [4.78, 5) is 24.7. The quantitative estimate of drug-likeness (QED) is 0.817. The van der Waals surface area contributed by atoms with E-state index >= 15 is 0 Å². The first kappa shape index (κ1) is 16.2. The fourth-order valence-electron chi connectivity index (χ4n) is 2.65. The highest BCUT2D eigenvalue weighted by molar-refractivity contribution is 5.88. The van der Waals surface area contributed by atoms with Crippen molar-refractivity contribution in [3.05, 3.63) is 42.5 Å². The van der Waals surface area contributed by atoms with Crippen molar-refractivity contribution in [2.24, 2.45) is 0 Å². The van der Waals surface area contributed by atoms with Crippen molar-refractivity contribution in [1.82, 2.24) is 10.2 Å². The van der Waals surface area contributed by atoms with Gasteiger partial charge in [0.05, 0.1) is 0 Å². The molecule has 0 spiro atoms. The largest absolute Gasteiger partial charge is 0.350 e. The maximum absolute atomic E-state index is 11.3. The van der Waals surface area contributed by atoms with Crippen molar-refractivity contribution in [3.8, 4) is 0 Å². The highest BCUT2D eigenvalue weighted by atomic mass is 16.2. The molecule has 2 N–H and O–H groups in total. The lowest BCUT2D eigenvalue weighted by Crippen LogP contribution is -2.43. The number of hydrogen-bond acceptors (Lipinski definition) is 3. The number of likely N-dealkylation sites (tertiary alicyclic amines) is 1. The van der Waals surface area contributed by atoms with Crippen LogP contribution in [0, 0.1) is 0 Å². The van der Waals surface area contributed by atoms with Crippen LogP contribution in [0.25, 0.3) is 0 Å². The molecule has 2 amide bonds. The number of nitrogens with zero attached hydrogens (tertiary/aromatic N) is 1. The van der Waals surface area contributed by atoms with Gasteiger partial charge in [0.1, 0.15) is 0 Å². The molecule has 1 fully saturated rings. The average Bonchev–Trinajstić information content (AvgIpc) is 2.50. The molecule has 1 heterocycles. The maximum Gasteiger partial charge on any atom is 0.243 e. The van der Waals surface area contributed by atoms with E-state index in [9.17, 15) is 9.59 Å². The number of anilines is 1. The molecule has 22 heavy (non-hydrogen) atoms. The van der Waals surface area contributed by atoms with Crippen LogP contribution in [-0.2, 0) is 16.1 Å². The summed E-state index contributed by atoms with van der Waals surface area (Å²) in [6.07, 6.45) is 3.25. The zero-order chi connectivity index (χ0) is 15.9. The molecule has 0 atom stereocenters. The predicted octanol–water partition coefficient (Wildman–Crippen LogP) is 1.91. The second-order valence-electron chi connectivity index (χ2n) is 5.64. The Hall–Kier alpha value is -2.14. The van der Waals surface area contributed by atoms with Crippen LogP contribution in [-0.4, -0.2) is 35.8 Å².